The summed E-state index contributed by atoms with van der Waals surface area (Å²) in [4.78, 5) is 52.5. The molecule has 2 aliphatic carbocycles. The molecule has 6 nitrogen and oxygen atoms in total. The van der Waals surface area contributed by atoms with Crippen LogP contribution in [0.2, 0.25) is 0 Å². The van der Waals surface area contributed by atoms with Gasteiger partial charge in [0.05, 0.1) is 11.1 Å². The highest BCUT2D eigenvalue weighted by Crippen LogP contribution is 2.44. The number of aliphatic hydroxyl groups excluding tert-OH is 2. The van der Waals surface area contributed by atoms with Crippen LogP contribution in [0.4, 0.5) is 0 Å². The van der Waals surface area contributed by atoms with Crippen molar-refractivity contribution in [2.24, 2.45) is 0 Å². The molecule has 2 N–H and O–H groups in total. The average molecular weight is 450 g/mol. The van der Waals surface area contributed by atoms with E-state index in [0.29, 0.717) is 5.56 Å². The third kappa shape index (κ3) is 3.03. The van der Waals surface area contributed by atoms with E-state index in [4.69, 9.17) is 0 Å². The van der Waals surface area contributed by atoms with Gasteiger partial charge in [0, 0.05) is 28.2 Å². The Morgan fingerprint density at radius 1 is 0.529 bits per heavy atom. The Labute approximate surface area is 194 Å². The molecule has 0 heterocycles. The fourth-order valence-electron chi connectivity index (χ4n) is 4.54. The number of Topliss-reactive ketones (excluding diaryl/α,β-unsaturated/α-hetero) is 4. The summed E-state index contributed by atoms with van der Waals surface area (Å²) in [7, 11) is 0. The normalized spacial score (nSPS) is 15.7. The Balaban J connectivity index is 1.85. The predicted octanol–water partition coefficient (Wildman–Crippen LogP) is 4.55. The number of hydrogen-bond donors (Lipinski definition) is 2. The maximum Gasteiger partial charge on any atom is 0.234 e. The Morgan fingerprint density at radius 2 is 0.912 bits per heavy atom. The van der Waals surface area contributed by atoms with Crippen LogP contribution in [0, 0.1) is 6.92 Å². The zero-order chi connectivity index (χ0) is 24.1. The zero-order valence-corrected chi connectivity index (χ0v) is 18.0. The molecule has 6 heteroatoms. The van der Waals surface area contributed by atoms with Gasteiger partial charge in [-0.3, -0.25) is 19.2 Å². The number of benzene rings is 3. The van der Waals surface area contributed by atoms with Gasteiger partial charge in [-0.25, -0.2) is 0 Å². The summed E-state index contributed by atoms with van der Waals surface area (Å²) in [6.07, 6.45) is 0. The van der Waals surface area contributed by atoms with Crippen LogP contribution >= 0.6 is 0 Å². The number of hydrogen-bond acceptors (Lipinski definition) is 6. The lowest BCUT2D eigenvalue weighted by Crippen LogP contribution is -2.33. The fourth-order valence-corrected chi connectivity index (χ4v) is 4.54. The second-order valence-corrected chi connectivity index (χ2v) is 8.28. The van der Waals surface area contributed by atoms with Crippen LogP contribution < -0.4 is 0 Å². The Hall–Kier alpha value is -4.58. The van der Waals surface area contributed by atoms with Crippen LogP contribution in [-0.4, -0.2) is 33.3 Å². The van der Waals surface area contributed by atoms with Gasteiger partial charge in [0.15, 0.2) is 0 Å². The van der Waals surface area contributed by atoms with Crippen molar-refractivity contribution in [3.8, 4) is 0 Å². The van der Waals surface area contributed by atoms with Crippen LogP contribution in [0.5, 0.6) is 0 Å². The molecule has 0 atom stereocenters. The first kappa shape index (κ1) is 21.3. The van der Waals surface area contributed by atoms with Gasteiger partial charge in [0.1, 0.15) is 11.5 Å². The van der Waals surface area contributed by atoms with Crippen molar-refractivity contribution in [2.75, 3.05) is 0 Å². The quantitative estimate of drug-likeness (QED) is 0.567. The van der Waals surface area contributed by atoms with E-state index < -0.39 is 40.6 Å². The second-order valence-electron chi connectivity index (χ2n) is 8.28. The van der Waals surface area contributed by atoms with Crippen LogP contribution in [0.1, 0.15) is 48.9 Å². The maximum atomic E-state index is 13.3. The molecule has 3 aromatic rings. The molecule has 34 heavy (non-hydrogen) atoms. The van der Waals surface area contributed by atoms with Crippen molar-refractivity contribution in [1.29, 1.82) is 0 Å². The first-order chi connectivity index (χ1) is 16.3. The minimum atomic E-state index is -1.34. The summed E-state index contributed by atoms with van der Waals surface area (Å²) in [6, 6.07) is 19.0. The molecule has 0 fully saturated rings. The van der Waals surface area contributed by atoms with Crippen molar-refractivity contribution in [2.45, 2.75) is 12.8 Å². The minimum absolute atomic E-state index is 0.0472. The van der Waals surface area contributed by atoms with Gasteiger partial charge in [0.2, 0.25) is 23.1 Å². The number of aliphatic hydroxyl groups is 2. The SMILES string of the molecule is Cc1ccc(C(C2=C(O)c3ccccc3C(=O)C2=O)C2=C(O)c3ccccc3C(=O)C2=O)cc1. The molecule has 0 saturated carbocycles. The number of allylic oxidation sites excluding steroid dienone is 2. The van der Waals surface area contributed by atoms with Gasteiger partial charge in [-0.05, 0) is 12.5 Å². The van der Waals surface area contributed by atoms with Crippen molar-refractivity contribution in [1.82, 2.24) is 0 Å². The van der Waals surface area contributed by atoms with Gasteiger partial charge in [-0.15, -0.1) is 0 Å². The van der Waals surface area contributed by atoms with E-state index in [-0.39, 0.29) is 33.4 Å². The third-order valence-corrected chi connectivity index (χ3v) is 6.25. The molecule has 0 radical (unpaired) electrons. The standard InChI is InChI=1S/C28H18O6/c1-14-10-12-15(13-11-14)20(21-23(29)16-6-2-4-8-18(16)25(31)27(21)33)22-24(30)17-7-3-5-9-19(17)26(32)28(22)34/h2-13,20,29-30H,1H3. The first-order valence-electron chi connectivity index (χ1n) is 10.6. The summed E-state index contributed by atoms with van der Waals surface area (Å²) in [5.41, 5.74) is 0.950. The summed E-state index contributed by atoms with van der Waals surface area (Å²) in [5.74, 6) is -5.95. The van der Waals surface area contributed by atoms with E-state index in [1.54, 1.807) is 48.5 Å². The van der Waals surface area contributed by atoms with E-state index in [9.17, 15) is 29.4 Å². The smallest absolute Gasteiger partial charge is 0.234 e. The highest BCUT2D eigenvalue weighted by atomic mass is 16.3. The fraction of sp³-hybridized carbons (Fsp3) is 0.0714. The van der Waals surface area contributed by atoms with Crippen molar-refractivity contribution in [3.05, 3.63) is 117 Å². The van der Waals surface area contributed by atoms with Crippen molar-refractivity contribution < 1.29 is 29.4 Å². The molecule has 166 valence electrons. The molecular weight excluding hydrogens is 432 g/mol. The molecule has 0 spiro atoms. The lowest BCUT2D eigenvalue weighted by molar-refractivity contribution is -0.112. The Morgan fingerprint density at radius 3 is 1.32 bits per heavy atom. The molecular formula is C28H18O6. The molecule has 0 aliphatic heterocycles. The summed E-state index contributed by atoms with van der Waals surface area (Å²) in [6.45, 7) is 1.85. The molecule has 0 aromatic heterocycles. The van der Waals surface area contributed by atoms with Crippen LogP contribution in [0.25, 0.3) is 11.5 Å². The number of ketones is 4. The van der Waals surface area contributed by atoms with E-state index in [1.807, 2.05) is 6.92 Å². The molecule has 2 aliphatic rings. The first-order valence-corrected chi connectivity index (χ1v) is 10.6. The molecule has 3 aromatic carbocycles. The Bertz CT molecular complexity index is 1400. The highest BCUT2D eigenvalue weighted by Gasteiger charge is 2.44. The topological polar surface area (TPSA) is 109 Å². The Kier molecular flexibility index (Phi) is 4.87. The summed E-state index contributed by atoms with van der Waals surface area (Å²) >= 11 is 0. The van der Waals surface area contributed by atoms with Gasteiger partial charge < -0.3 is 10.2 Å². The molecule has 0 unspecified atom stereocenters. The van der Waals surface area contributed by atoms with Gasteiger partial charge in [0.25, 0.3) is 0 Å². The van der Waals surface area contributed by atoms with Crippen molar-refractivity contribution >= 4 is 34.7 Å². The molecule has 5 rings (SSSR count). The van der Waals surface area contributed by atoms with Crippen LogP contribution in [0.3, 0.4) is 0 Å². The second kappa shape index (κ2) is 7.78. The number of rotatable bonds is 3. The monoisotopic (exact) mass is 450 g/mol. The lowest BCUT2D eigenvalue weighted by atomic mass is 9.72. The van der Waals surface area contributed by atoms with E-state index in [2.05, 4.69) is 0 Å². The van der Waals surface area contributed by atoms with E-state index in [1.165, 1.54) is 24.3 Å². The minimum Gasteiger partial charge on any atom is -0.507 e. The maximum absolute atomic E-state index is 13.3. The molecule has 0 bridgehead atoms. The van der Waals surface area contributed by atoms with Gasteiger partial charge in [-0.2, -0.15) is 0 Å². The summed E-state index contributed by atoms with van der Waals surface area (Å²) < 4.78 is 0. The number of carbonyl (C=O) groups excluding carboxylic acids is 4. The zero-order valence-electron chi connectivity index (χ0n) is 18.0. The van der Waals surface area contributed by atoms with Crippen molar-refractivity contribution in [3.63, 3.8) is 0 Å². The number of aryl methyl sites for hydroxylation is 1. The number of fused-ring (bicyclic) bond motifs is 2. The van der Waals surface area contributed by atoms with Crippen LogP contribution in [-0.2, 0) is 9.59 Å². The molecule has 0 amide bonds. The predicted molar refractivity (Wildman–Crippen MR) is 125 cm³/mol. The third-order valence-electron chi connectivity index (χ3n) is 6.25. The highest BCUT2D eigenvalue weighted by molar-refractivity contribution is 6.55. The van der Waals surface area contributed by atoms with E-state index in [0.717, 1.165) is 5.56 Å². The van der Waals surface area contributed by atoms with Gasteiger partial charge in [-0.1, -0.05) is 78.4 Å². The number of carbonyl (C=O) groups is 4. The summed E-state index contributed by atoms with van der Waals surface area (Å²) in [5, 5.41) is 22.3. The molecule has 0 saturated heterocycles. The average Bonchev–Trinajstić information content (AvgIpc) is 2.86. The van der Waals surface area contributed by atoms with Crippen LogP contribution in [0.15, 0.2) is 83.9 Å². The lowest BCUT2D eigenvalue weighted by Gasteiger charge is -2.29. The van der Waals surface area contributed by atoms with E-state index >= 15 is 0 Å². The largest absolute Gasteiger partial charge is 0.507 e. The van der Waals surface area contributed by atoms with Gasteiger partial charge >= 0.3 is 0 Å².